The molecule has 0 aliphatic carbocycles. The summed E-state index contributed by atoms with van der Waals surface area (Å²) in [5, 5.41) is 12.2. The molecule has 0 fully saturated rings. The van der Waals surface area contributed by atoms with Crippen molar-refractivity contribution in [3.05, 3.63) is 84.8 Å². The zero-order chi connectivity index (χ0) is 23.9. The summed E-state index contributed by atoms with van der Waals surface area (Å²) in [5.41, 5.74) is 6.04. The maximum atomic E-state index is 12.5. The van der Waals surface area contributed by atoms with Gasteiger partial charge in [0.25, 0.3) is 0 Å². The first kappa shape index (κ1) is 22.3. The summed E-state index contributed by atoms with van der Waals surface area (Å²) in [4.78, 5) is 7.49. The van der Waals surface area contributed by atoms with Crippen LogP contribution in [0.1, 0.15) is 5.56 Å². The van der Waals surface area contributed by atoms with Gasteiger partial charge in [-0.05, 0) is 59.9 Å². The third kappa shape index (κ3) is 4.21. The molecule has 5 aromatic rings. The van der Waals surface area contributed by atoms with E-state index >= 15 is 0 Å². The second kappa shape index (κ2) is 8.68. The molecule has 2 aromatic heterocycles. The van der Waals surface area contributed by atoms with Gasteiger partial charge >= 0.3 is 0 Å². The fourth-order valence-electron chi connectivity index (χ4n) is 4.24. The molecule has 0 saturated carbocycles. The number of benzene rings is 3. The van der Waals surface area contributed by atoms with Gasteiger partial charge in [-0.15, -0.1) is 0 Å². The Hall–Kier alpha value is -3.52. The van der Waals surface area contributed by atoms with E-state index < -0.39 is 9.71 Å². The maximum absolute atomic E-state index is 12.5. The normalized spacial score (nSPS) is 13.5. The lowest BCUT2D eigenvalue weighted by molar-refractivity contribution is 0.413. The topological polar surface area (TPSA) is 76.5 Å². The summed E-state index contributed by atoms with van der Waals surface area (Å²) >= 11 is 0. The SMILES string of the molecule is C=S(N)(=O)c1ccc(-c2cnn3cc(-c4ccc(CCN(C)C)cc4)cnc23)c2ccccc12. The number of hydrogen-bond donors (Lipinski definition) is 1. The Balaban J connectivity index is 1.54. The Morgan fingerprint density at radius 2 is 1.68 bits per heavy atom. The lowest BCUT2D eigenvalue weighted by atomic mass is 10.00. The Bertz CT molecular complexity index is 1600. The second-order valence-electron chi connectivity index (χ2n) is 8.80. The predicted molar refractivity (Wildman–Crippen MR) is 141 cm³/mol. The van der Waals surface area contributed by atoms with Crippen LogP contribution in [-0.4, -0.2) is 50.2 Å². The summed E-state index contributed by atoms with van der Waals surface area (Å²) < 4.78 is 14.3. The molecule has 0 saturated heterocycles. The highest BCUT2D eigenvalue weighted by molar-refractivity contribution is 7.98. The van der Waals surface area contributed by atoms with E-state index in [4.69, 9.17) is 10.1 Å². The van der Waals surface area contributed by atoms with Crippen molar-refractivity contribution in [1.29, 1.82) is 0 Å². The third-order valence-electron chi connectivity index (χ3n) is 6.04. The fourth-order valence-corrected chi connectivity index (χ4v) is 5.09. The monoisotopic (exact) mass is 469 g/mol. The zero-order valence-electron chi connectivity index (χ0n) is 19.3. The van der Waals surface area contributed by atoms with Gasteiger partial charge in [0.2, 0.25) is 0 Å². The predicted octanol–water partition coefficient (Wildman–Crippen LogP) is 4.27. The second-order valence-corrected chi connectivity index (χ2v) is 10.7. The summed E-state index contributed by atoms with van der Waals surface area (Å²) in [5.74, 6) is 3.67. The summed E-state index contributed by atoms with van der Waals surface area (Å²) in [6, 6.07) is 20.1. The molecule has 0 aliphatic heterocycles. The highest BCUT2D eigenvalue weighted by atomic mass is 32.2. The van der Waals surface area contributed by atoms with E-state index in [0.29, 0.717) is 4.90 Å². The van der Waals surface area contributed by atoms with Crippen molar-refractivity contribution in [2.45, 2.75) is 11.3 Å². The summed E-state index contributed by atoms with van der Waals surface area (Å²) in [6.45, 7) is 1.02. The number of rotatable bonds is 6. The molecule has 2 N–H and O–H groups in total. The quantitative estimate of drug-likeness (QED) is 0.377. The molecule has 0 bridgehead atoms. The van der Waals surface area contributed by atoms with Crippen LogP contribution in [0.2, 0.25) is 0 Å². The lowest BCUT2D eigenvalue weighted by Crippen LogP contribution is -2.14. The summed E-state index contributed by atoms with van der Waals surface area (Å²) in [6.07, 6.45) is 6.73. The highest BCUT2D eigenvalue weighted by Gasteiger charge is 2.15. The Morgan fingerprint density at radius 3 is 2.38 bits per heavy atom. The van der Waals surface area contributed by atoms with Crippen molar-refractivity contribution in [3.8, 4) is 22.3 Å². The van der Waals surface area contributed by atoms with E-state index in [9.17, 15) is 4.21 Å². The lowest BCUT2D eigenvalue weighted by Gasteiger charge is -2.11. The molecule has 2 heterocycles. The average molecular weight is 470 g/mol. The molecule has 0 radical (unpaired) electrons. The van der Waals surface area contributed by atoms with Gasteiger partial charge in [-0.1, -0.05) is 54.6 Å². The molecule has 0 spiro atoms. The summed E-state index contributed by atoms with van der Waals surface area (Å²) in [7, 11) is 1.33. The minimum atomic E-state index is -2.84. The molecule has 3 aromatic carbocycles. The minimum absolute atomic E-state index is 0.549. The van der Waals surface area contributed by atoms with Gasteiger partial charge in [0, 0.05) is 30.1 Å². The van der Waals surface area contributed by atoms with E-state index in [0.717, 1.165) is 51.6 Å². The van der Waals surface area contributed by atoms with Crippen molar-refractivity contribution in [2.75, 3.05) is 20.6 Å². The Morgan fingerprint density at radius 1 is 0.941 bits per heavy atom. The number of nitrogens with two attached hydrogens (primary N) is 1. The molecule has 0 aliphatic rings. The average Bonchev–Trinajstić information content (AvgIpc) is 3.25. The van der Waals surface area contributed by atoms with Gasteiger partial charge in [0.1, 0.15) is 0 Å². The molecular formula is C27H27N5OS. The van der Waals surface area contributed by atoms with E-state index in [2.05, 4.69) is 54.2 Å². The van der Waals surface area contributed by atoms with E-state index in [1.165, 1.54) is 5.56 Å². The van der Waals surface area contributed by atoms with Crippen molar-refractivity contribution in [3.63, 3.8) is 0 Å². The van der Waals surface area contributed by atoms with Gasteiger partial charge < -0.3 is 4.90 Å². The first-order valence-electron chi connectivity index (χ1n) is 11.1. The largest absolute Gasteiger partial charge is 0.309 e. The van der Waals surface area contributed by atoms with E-state index in [1.54, 1.807) is 10.6 Å². The number of likely N-dealkylation sites (N-methyl/N-ethyl adjacent to an activating group) is 1. The minimum Gasteiger partial charge on any atom is -0.309 e. The van der Waals surface area contributed by atoms with Crippen molar-refractivity contribution < 1.29 is 4.21 Å². The maximum Gasteiger partial charge on any atom is 0.162 e. The molecule has 1 atom stereocenters. The fraction of sp³-hybridized carbons (Fsp3) is 0.148. The van der Waals surface area contributed by atoms with Crippen LogP contribution < -0.4 is 5.14 Å². The van der Waals surface area contributed by atoms with E-state index in [1.807, 2.05) is 48.9 Å². The molecule has 1 unspecified atom stereocenters. The van der Waals surface area contributed by atoms with Crippen LogP contribution in [0.15, 0.2) is 84.1 Å². The van der Waals surface area contributed by atoms with Gasteiger partial charge in [-0.3, -0.25) is 5.14 Å². The third-order valence-corrected chi connectivity index (χ3v) is 7.14. The molecule has 6 nitrogen and oxygen atoms in total. The van der Waals surface area contributed by atoms with Crippen LogP contribution in [0.5, 0.6) is 0 Å². The number of hydrogen-bond acceptors (Lipinski definition) is 4. The standard InChI is InChI=1S/C27H27N5OS/c1-31(2)15-14-19-8-10-20(11-9-19)21-16-29-27-25(17-30-32(27)18-21)23-12-13-26(34(3,28)33)24-7-5-4-6-22(23)24/h4-13,16-18H,3,14-15H2,1-2H3,(H2,28,33). The molecule has 172 valence electrons. The van der Waals surface area contributed by atoms with Crippen molar-refractivity contribution >= 4 is 32.0 Å². The number of aromatic nitrogens is 3. The first-order valence-corrected chi connectivity index (χ1v) is 12.8. The number of fused-ring (bicyclic) bond motifs is 2. The molecule has 34 heavy (non-hydrogen) atoms. The van der Waals surface area contributed by atoms with Crippen molar-refractivity contribution in [1.82, 2.24) is 19.5 Å². The van der Waals surface area contributed by atoms with Crippen LogP contribution in [-0.2, 0) is 16.1 Å². The first-order chi connectivity index (χ1) is 16.3. The highest BCUT2D eigenvalue weighted by Crippen LogP contribution is 2.34. The number of nitrogens with zero attached hydrogens (tertiary/aromatic N) is 4. The van der Waals surface area contributed by atoms with Crippen molar-refractivity contribution in [2.24, 2.45) is 5.14 Å². The van der Waals surface area contributed by atoms with E-state index in [-0.39, 0.29) is 0 Å². The van der Waals surface area contributed by atoms with Crippen LogP contribution in [0, 0.1) is 0 Å². The smallest absolute Gasteiger partial charge is 0.162 e. The van der Waals surface area contributed by atoms with Crippen LogP contribution in [0.3, 0.4) is 0 Å². The molecular weight excluding hydrogens is 442 g/mol. The zero-order valence-corrected chi connectivity index (χ0v) is 20.1. The molecule has 0 amide bonds. The Labute approximate surface area is 199 Å². The van der Waals surface area contributed by atoms with Gasteiger partial charge in [-0.2, -0.15) is 5.10 Å². The molecule has 7 heteroatoms. The van der Waals surface area contributed by atoms with Gasteiger partial charge in [0.15, 0.2) is 5.65 Å². The van der Waals surface area contributed by atoms with Gasteiger partial charge in [-0.25, -0.2) is 13.7 Å². The Kier molecular flexibility index (Phi) is 5.69. The van der Waals surface area contributed by atoms with Gasteiger partial charge in [0.05, 0.1) is 20.8 Å². The van der Waals surface area contributed by atoms with Crippen LogP contribution >= 0.6 is 0 Å². The van der Waals surface area contributed by atoms with Crippen LogP contribution in [0.4, 0.5) is 0 Å². The molecule has 5 rings (SSSR count). The van der Waals surface area contributed by atoms with Crippen LogP contribution in [0.25, 0.3) is 38.7 Å².